The molecule has 3 rings (SSSR count). The molecule has 2 heterocycles. The number of amides is 1. The number of hydrogen-bond donors (Lipinski definition) is 1. The summed E-state index contributed by atoms with van der Waals surface area (Å²) in [4.78, 5) is 19.2. The minimum absolute atomic E-state index is 0.300. The van der Waals surface area contributed by atoms with Crippen LogP contribution in [0.25, 0.3) is 9.88 Å². The standard InChI is InChI=1S/C18H19N3O2S2/c1-23-15-6-4-14(5-7-15)21(9-8-17(19)22)11-13-12-25-18(20-13)16-3-2-10-24-16/h2-7,10,12H,8-9,11H2,1H3,(H2,19,22). The second-order valence-corrected chi connectivity index (χ2v) is 7.26. The fourth-order valence-electron chi connectivity index (χ4n) is 2.43. The summed E-state index contributed by atoms with van der Waals surface area (Å²) in [5, 5.41) is 5.14. The first-order valence-electron chi connectivity index (χ1n) is 7.81. The van der Waals surface area contributed by atoms with Crippen LogP contribution in [0.15, 0.2) is 47.2 Å². The van der Waals surface area contributed by atoms with Crippen molar-refractivity contribution in [2.24, 2.45) is 5.73 Å². The molecule has 25 heavy (non-hydrogen) atoms. The Morgan fingerprint density at radius 3 is 2.68 bits per heavy atom. The molecule has 1 aromatic carbocycles. The van der Waals surface area contributed by atoms with Crippen molar-refractivity contribution >= 4 is 34.3 Å². The van der Waals surface area contributed by atoms with E-state index in [9.17, 15) is 4.79 Å². The fourth-order valence-corrected chi connectivity index (χ4v) is 4.05. The molecule has 0 aliphatic carbocycles. The van der Waals surface area contributed by atoms with E-state index < -0.39 is 0 Å². The maximum absolute atomic E-state index is 11.2. The number of primary amides is 1. The number of aromatic nitrogens is 1. The predicted octanol–water partition coefficient (Wildman–Crippen LogP) is 3.76. The average molecular weight is 374 g/mol. The van der Waals surface area contributed by atoms with Gasteiger partial charge in [-0.15, -0.1) is 22.7 Å². The van der Waals surface area contributed by atoms with Crippen molar-refractivity contribution in [2.45, 2.75) is 13.0 Å². The molecule has 2 N–H and O–H groups in total. The molecule has 130 valence electrons. The molecule has 0 saturated heterocycles. The molecule has 7 heteroatoms. The van der Waals surface area contributed by atoms with Crippen LogP contribution in [0.1, 0.15) is 12.1 Å². The highest BCUT2D eigenvalue weighted by atomic mass is 32.1. The fraction of sp³-hybridized carbons (Fsp3) is 0.222. The zero-order valence-electron chi connectivity index (χ0n) is 13.8. The van der Waals surface area contributed by atoms with Gasteiger partial charge in [0.1, 0.15) is 10.8 Å². The van der Waals surface area contributed by atoms with E-state index in [-0.39, 0.29) is 5.91 Å². The van der Waals surface area contributed by atoms with Crippen molar-refractivity contribution in [1.29, 1.82) is 0 Å². The molecule has 0 spiro atoms. The van der Waals surface area contributed by atoms with E-state index in [1.165, 1.54) is 4.88 Å². The summed E-state index contributed by atoms with van der Waals surface area (Å²) in [6.45, 7) is 1.18. The number of ether oxygens (including phenoxy) is 1. The second-order valence-electron chi connectivity index (χ2n) is 5.46. The number of benzene rings is 1. The maximum atomic E-state index is 11.2. The summed E-state index contributed by atoms with van der Waals surface area (Å²) in [7, 11) is 1.64. The van der Waals surface area contributed by atoms with Gasteiger partial charge in [0.25, 0.3) is 0 Å². The molecule has 5 nitrogen and oxygen atoms in total. The molecule has 2 aromatic heterocycles. The van der Waals surface area contributed by atoms with Crippen molar-refractivity contribution < 1.29 is 9.53 Å². The number of hydrogen-bond acceptors (Lipinski definition) is 6. The van der Waals surface area contributed by atoms with Crippen molar-refractivity contribution in [3.63, 3.8) is 0 Å². The van der Waals surface area contributed by atoms with E-state index in [2.05, 4.69) is 16.3 Å². The Balaban J connectivity index is 1.78. The lowest BCUT2D eigenvalue weighted by molar-refractivity contribution is -0.117. The van der Waals surface area contributed by atoms with Crippen LogP contribution in [-0.2, 0) is 11.3 Å². The van der Waals surface area contributed by atoms with Gasteiger partial charge in [-0.05, 0) is 35.7 Å². The SMILES string of the molecule is COc1ccc(N(CCC(N)=O)Cc2csc(-c3cccs3)n2)cc1. The molecule has 1 amide bonds. The molecular formula is C18H19N3O2S2. The third kappa shape index (κ3) is 4.58. The number of rotatable bonds is 8. The topological polar surface area (TPSA) is 68.5 Å². The molecule has 0 fully saturated rings. The van der Waals surface area contributed by atoms with Crippen LogP contribution in [0.5, 0.6) is 5.75 Å². The third-order valence-corrected chi connectivity index (χ3v) is 5.63. The van der Waals surface area contributed by atoms with Crippen molar-refractivity contribution in [2.75, 3.05) is 18.6 Å². The van der Waals surface area contributed by atoms with Gasteiger partial charge >= 0.3 is 0 Å². The molecule has 0 unspecified atom stereocenters. The number of carbonyl (C=O) groups excluding carboxylic acids is 1. The van der Waals surface area contributed by atoms with Crippen LogP contribution in [0.4, 0.5) is 5.69 Å². The van der Waals surface area contributed by atoms with Gasteiger partial charge in [0.15, 0.2) is 0 Å². The van der Waals surface area contributed by atoms with Gasteiger partial charge in [-0.25, -0.2) is 4.98 Å². The Morgan fingerprint density at radius 1 is 1.24 bits per heavy atom. The number of anilines is 1. The smallest absolute Gasteiger partial charge is 0.219 e. The molecule has 0 atom stereocenters. The van der Waals surface area contributed by atoms with Crippen molar-refractivity contribution in [3.05, 3.63) is 52.9 Å². The third-order valence-electron chi connectivity index (χ3n) is 3.70. The Morgan fingerprint density at radius 2 is 2.04 bits per heavy atom. The molecule has 0 bridgehead atoms. The van der Waals surface area contributed by atoms with Crippen LogP contribution < -0.4 is 15.4 Å². The number of nitrogens with two attached hydrogens (primary N) is 1. The summed E-state index contributed by atoms with van der Waals surface area (Å²) < 4.78 is 5.21. The molecule has 0 aliphatic heterocycles. The number of carbonyl (C=O) groups is 1. The van der Waals surface area contributed by atoms with Crippen LogP contribution in [0, 0.1) is 0 Å². The number of thiazole rings is 1. The van der Waals surface area contributed by atoms with E-state index in [1.54, 1.807) is 29.8 Å². The van der Waals surface area contributed by atoms with E-state index in [1.807, 2.05) is 35.7 Å². The van der Waals surface area contributed by atoms with E-state index in [0.717, 1.165) is 22.1 Å². The van der Waals surface area contributed by atoms with Gasteiger partial charge < -0.3 is 15.4 Å². The van der Waals surface area contributed by atoms with Gasteiger partial charge in [0.2, 0.25) is 5.91 Å². The van der Waals surface area contributed by atoms with E-state index in [4.69, 9.17) is 15.5 Å². The first kappa shape index (κ1) is 17.4. The summed E-state index contributed by atoms with van der Waals surface area (Å²) >= 11 is 3.32. The highest BCUT2D eigenvalue weighted by Gasteiger charge is 2.12. The summed E-state index contributed by atoms with van der Waals surface area (Å²) in [5.74, 6) is 0.489. The Kier molecular flexibility index (Phi) is 5.67. The highest BCUT2D eigenvalue weighted by Crippen LogP contribution is 2.29. The molecule has 3 aromatic rings. The van der Waals surface area contributed by atoms with E-state index in [0.29, 0.717) is 19.5 Å². The first-order chi connectivity index (χ1) is 12.2. The monoisotopic (exact) mass is 373 g/mol. The minimum Gasteiger partial charge on any atom is -0.497 e. The Hall–Kier alpha value is -2.38. The lowest BCUT2D eigenvalue weighted by Gasteiger charge is -2.23. The summed E-state index contributed by atoms with van der Waals surface area (Å²) in [6.07, 6.45) is 0.300. The van der Waals surface area contributed by atoms with Crippen LogP contribution >= 0.6 is 22.7 Å². The Labute approximate surface area is 154 Å². The zero-order chi connectivity index (χ0) is 17.6. The molecular weight excluding hydrogens is 354 g/mol. The zero-order valence-corrected chi connectivity index (χ0v) is 15.5. The first-order valence-corrected chi connectivity index (χ1v) is 9.57. The van der Waals surface area contributed by atoms with Crippen molar-refractivity contribution in [1.82, 2.24) is 4.98 Å². The normalized spacial score (nSPS) is 10.6. The van der Waals surface area contributed by atoms with Crippen LogP contribution in [0.3, 0.4) is 0 Å². The van der Waals surface area contributed by atoms with Gasteiger partial charge in [-0.3, -0.25) is 4.79 Å². The van der Waals surface area contributed by atoms with Crippen LogP contribution in [0.2, 0.25) is 0 Å². The summed E-state index contributed by atoms with van der Waals surface area (Å²) in [6, 6.07) is 11.9. The predicted molar refractivity (Wildman–Crippen MR) is 103 cm³/mol. The van der Waals surface area contributed by atoms with Gasteiger partial charge in [0, 0.05) is 24.0 Å². The highest BCUT2D eigenvalue weighted by molar-refractivity contribution is 7.20. The minimum atomic E-state index is -0.309. The van der Waals surface area contributed by atoms with Gasteiger partial charge in [-0.1, -0.05) is 6.07 Å². The largest absolute Gasteiger partial charge is 0.497 e. The van der Waals surface area contributed by atoms with Crippen molar-refractivity contribution in [3.8, 4) is 15.6 Å². The van der Waals surface area contributed by atoms with Gasteiger partial charge in [0.05, 0.1) is 24.2 Å². The summed E-state index contributed by atoms with van der Waals surface area (Å²) in [5.41, 5.74) is 7.32. The van der Waals surface area contributed by atoms with Crippen LogP contribution in [-0.4, -0.2) is 24.5 Å². The Bertz CT molecular complexity index is 813. The lowest BCUT2D eigenvalue weighted by Crippen LogP contribution is -2.27. The number of methoxy groups -OCH3 is 1. The molecule has 0 saturated carbocycles. The molecule has 0 radical (unpaired) electrons. The average Bonchev–Trinajstić information content (AvgIpc) is 3.30. The number of thiophene rings is 1. The maximum Gasteiger partial charge on any atom is 0.219 e. The van der Waals surface area contributed by atoms with E-state index >= 15 is 0 Å². The molecule has 0 aliphatic rings. The number of nitrogens with zero attached hydrogens (tertiary/aromatic N) is 2. The lowest BCUT2D eigenvalue weighted by atomic mass is 10.2. The van der Waals surface area contributed by atoms with Gasteiger partial charge in [-0.2, -0.15) is 0 Å². The quantitative estimate of drug-likeness (QED) is 0.653. The second kappa shape index (κ2) is 8.13.